The van der Waals surface area contributed by atoms with Crippen LogP contribution in [0.1, 0.15) is 0 Å². The van der Waals surface area contributed by atoms with Gasteiger partial charge in [-0.2, -0.15) is 0 Å². The highest BCUT2D eigenvalue weighted by molar-refractivity contribution is 6.29. The molecule has 11 aromatic rings. The summed E-state index contributed by atoms with van der Waals surface area (Å²) in [6.07, 6.45) is 4.00. The standard InChI is InChI=1S/C49H29N/c1-3-15-36-32(11-1)34-13-5-7-17-38(34)45-27-30(21-23-40(36)45)48-42-19-9-10-20-43(42)49(47-29-50-26-25-44(47)48)31-22-24-41-37-16-4-2-12-33(37)35-14-6-8-18-39(35)46(41)28-31/h1-29H. The Morgan fingerprint density at radius 2 is 0.540 bits per heavy atom. The SMILES string of the molecule is c1ccc2c(-c3ccc4c5ccccc5c5ccccc5c4c3)c3cnccc3c(-c3ccc4c5ccccc5c5ccccc5c4c3)c2c1. The van der Waals surface area contributed by atoms with Gasteiger partial charge in [0.25, 0.3) is 0 Å². The van der Waals surface area contributed by atoms with E-state index in [1.54, 1.807) is 0 Å². The van der Waals surface area contributed by atoms with Gasteiger partial charge >= 0.3 is 0 Å². The first kappa shape index (κ1) is 27.4. The molecule has 0 aliphatic heterocycles. The lowest BCUT2D eigenvalue weighted by Crippen LogP contribution is -1.92. The minimum Gasteiger partial charge on any atom is -0.264 e. The largest absolute Gasteiger partial charge is 0.264 e. The Balaban J connectivity index is 1.23. The molecule has 0 saturated carbocycles. The molecule has 0 bridgehead atoms. The molecule has 10 aromatic carbocycles. The molecule has 0 unspecified atom stereocenters. The Morgan fingerprint density at radius 3 is 0.940 bits per heavy atom. The molecule has 1 nitrogen and oxygen atoms in total. The van der Waals surface area contributed by atoms with Crippen molar-refractivity contribution in [2.75, 3.05) is 0 Å². The highest BCUT2D eigenvalue weighted by Gasteiger charge is 2.19. The Kier molecular flexibility index (Phi) is 5.73. The average molecular weight is 632 g/mol. The second-order valence-corrected chi connectivity index (χ2v) is 13.4. The Hall–Kier alpha value is -6.57. The summed E-state index contributed by atoms with van der Waals surface area (Å²) in [5.74, 6) is 0. The fraction of sp³-hybridized carbons (Fsp3) is 0. The van der Waals surface area contributed by atoms with E-state index >= 15 is 0 Å². The Morgan fingerprint density at radius 1 is 0.240 bits per heavy atom. The van der Waals surface area contributed by atoms with Crippen molar-refractivity contribution in [3.63, 3.8) is 0 Å². The maximum Gasteiger partial charge on any atom is 0.0353 e. The van der Waals surface area contributed by atoms with Crippen LogP contribution in [-0.4, -0.2) is 4.98 Å². The summed E-state index contributed by atoms with van der Waals surface area (Å²) in [5, 5.41) is 20.3. The second kappa shape index (κ2) is 10.5. The van der Waals surface area contributed by atoms with E-state index in [0.29, 0.717) is 0 Å². The molecule has 11 rings (SSSR count). The summed E-state index contributed by atoms with van der Waals surface area (Å²) in [6.45, 7) is 0. The van der Waals surface area contributed by atoms with Gasteiger partial charge in [0.2, 0.25) is 0 Å². The van der Waals surface area contributed by atoms with E-state index in [4.69, 9.17) is 4.98 Å². The van der Waals surface area contributed by atoms with Crippen molar-refractivity contribution >= 4 is 86.2 Å². The molecule has 0 aliphatic carbocycles. The van der Waals surface area contributed by atoms with Crippen LogP contribution in [0.15, 0.2) is 176 Å². The van der Waals surface area contributed by atoms with Gasteiger partial charge in [0, 0.05) is 17.8 Å². The van der Waals surface area contributed by atoms with Crippen LogP contribution in [0.3, 0.4) is 0 Å². The van der Waals surface area contributed by atoms with Crippen LogP contribution in [0.2, 0.25) is 0 Å². The van der Waals surface area contributed by atoms with E-state index < -0.39 is 0 Å². The van der Waals surface area contributed by atoms with E-state index in [-0.39, 0.29) is 0 Å². The number of rotatable bonds is 2. The van der Waals surface area contributed by atoms with E-state index in [9.17, 15) is 0 Å². The number of fused-ring (bicyclic) bond motifs is 14. The van der Waals surface area contributed by atoms with Crippen molar-refractivity contribution < 1.29 is 0 Å². The lowest BCUT2D eigenvalue weighted by Gasteiger charge is -2.19. The third-order valence-corrected chi connectivity index (χ3v) is 10.9. The zero-order valence-electron chi connectivity index (χ0n) is 27.2. The number of hydrogen-bond donors (Lipinski definition) is 0. The molecular formula is C49H29N. The van der Waals surface area contributed by atoms with Crippen molar-refractivity contribution in [1.82, 2.24) is 4.98 Å². The molecule has 0 fully saturated rings. The molecule has 0 spiro atoms. The van der Waals surface area contributed by atoms with E-state index in [0.717, 1.165) is 5.39 Å². The third kappa shape index (κ3) is 3.80. The summed E-state index contributed by atoms with van der Waals surface area (Å²) < 4.78 is 0. The molecule has 230 valence electrons. The molecular weight excluding hydrogens is 603 g/mol. The first-order chi connectivity index (χ1) is 24.8. The summed E-state index contributed by atoms with van der Waals surface area (Å²) in [6, 6.07) is 60.4. The number of hydrogen-bond acceptors (Lipinski definition) is 1. The lowest BCUT2D eigenvalue weighted by atomic mass is 9.84. The number of aromatic nitrogens is 1. The molecule has 0 amide bonds. The molecule has 0 N–H and O–H groups in total. The molecule has 50 heavy (non-hydrogen) atoms. The molecule has 0 atom stereocenters. The highest BCUT2D eigenvalue weighted by Crippen LogP contribution is 2.46. The van der Waals surface area contributed by atoms with Crippen molar-refractivity contribution in [2.45, 2.75) is 0 Å². The van der Waals surface area contributed by atoms with Crippen LogP contribution < -0.4 is 0 Å². The number of pyridine rings is 1. The van der Waals surface area contributed by atoms with Crippen molar-refractivity contribution in [1.29, 1.82) is 0 Å². The van der Waals surface area contributed by atoms with Gasteiger partial charge in [0.05, 0.1) is 0 Å². The lowest BCUT2D eigenvalue weighted by molar-refractivity contribution is 1.37. The number of benzene rings is 10. The van der Waals surface area contributed by atoms with Crippen LogP contribution >= 0.6 is 0 Å². The van der Waals surface area contributed by atoms with Gasteiger partial charge < -0.3 is 0 Å². The van der Waals surface area contributed by atoms with Gasteiger partial charge in [0.1, 0.15) is 0 Å². The van der Waals surface area contributed by atoms with Crippen LogP contribution in [0.4, 0.5) is 0 Å². The number of nitrogens with zero attached hydrogens (tertiary/aromatic N) is 1. The molecule has 0 aliphatic rings. The summed E-state index contributed by atoms with van der Waals surface area (Å²) >= 11 is 0. The van der Waals surface area contributed by atoms with E-state index in [1.807, 2.05) is 6.20 Å². The maximum atomic E-state index is 4.72. The van der Waals surface area contributed by atoms with Crippen LogP contribution in [0.25, 0.3) is 108 Å². The Bertz CT molecular complexity index is 2860. The van der Waals surface area contributed by atoms with Crippen LogP contribution in [0.5, 0.6) is 0 Å². The van der Waals surface area contributed by atoms with Gasteiger partial charge in [-0.15, -0.1) is 0 Å². The fourth-order valence-corrected chi connectivity index (χ4v) is 8.77. The minimum atomic E-state index is 1.16. The zero-order chi connectivity index (χ0) is 32.8. The van der Waals surface area contributed by atoms with Crippen LogP contribution in [0, 0.1) is 0 Å². The monoisotopic (exact) mass is 631 g/mol. The van der Waals surface area contributed by atoms with E-state index in [2.05, 4.69) is 170 Å². The van der Waals surface area contributed by atoms with Crippen LogP contribution in [-0.2, 0) is 0 Å². The van der Waals surface area contributed by atoms with Crippen molar-refractivity contribution in [2.24, 2.45) is 0 Å². The smallest absolute Gasteiger partial charge is 0.0353 e. The first-order valence-electron chi connectivity index (χ1n) is 17.3. The topological polar surface area (TPSA) is 12.9 Å². The quantitative estimate of drug-likeness (QED) is 0.137. The predicted octanol–water partition coefficient (Wildman–Crippen LogP) is 13.6. The zero-order valence-corrected chi connectivity index (χ0v) is 27.2. The summed E-state index contributed by atoms with van der Waals surface area (Å²) in [5.41, 5.74) is 4.89. The average Bonchev–Trinajstić information content (AvgIpc) is 3.20. The predicted molar refractivity (Wildman–Crippen MR) is 215 cm³/mol. The van der Waals surface area contributed by atoms with Gasteiger partial charge in [-0.1, -0.05) is 146 Å². The van der Waals surface area contributed by atoms with Crippen molar-refractivity contribution in [3.05, 3.63) is 176 Å². The van der Waals surface area contributed by atoms with Crippen molar-refractivity contribution in [3.8, 4) is 22.3 Å². The second-order valence-electron chi connectivity index (χ2n) is 13.4. The fourth-order valence-electron chi connectivity index (χ4n) is 8.77. The molecule has 1 heteroatoms. The Labute approximate surface area is 288 Å². The minimum absolute atomic E-state index is 1.16. The van der Waals surface area contributed by atoms with E-state index in [1.165, 1.54) is 103 Å². The normalized spacial score (nSPS) is 12.0. The molecule has 0 saturated heterocycles. The molecule has 1 aromatic heterocycles. The highest BCUT2D eigenvalue weighted by atomic mass is 14.6. The van der Waals surface area contributed by atoms with Gasteiger partial charge in [-0.3, -0.25) is 4.98 Å². The molecule has 0 radical (unpaired) electrons. The van der Waals surface area contributed by atoms with Gasteiger partial charge in [-0.05, 0) is 121 Å². The molecule has 1 heterocycles. The summed E-state index contributed by atoms with van der Waals surface area (Å²) in [4.78, 5) is 4.72. The first-order valence-corrected chi connectivity index (χ1v) is 17.3. The van der Waals surface area contributed by atoms with Gasteiger partial charge in [-0.25, -0.2) is 0 Å². The third-order valence-electron chi connectivity index (χ3n) is 10.9. The van der Waals surface area contributed by atoms with Gasteiger partial charge in [0.15, 0.2) is 0 Å². The summed E-state index contributed by atoms with van der Waals surface area (Å²) in [7, 11) is 0. The maximum absolute atomic E-state index is 4.72.